The number of sulfonamides is 1. The SMILES string of the molecule is CCOCCn1c(=NC(=O)C2CCCN(S(=O)(=O)c3ccccc3)C2)sc2c(OC)ccc(OC)c21. The molecule has 11 heteroatoms. The minimum atomic E-state index is -3.68. The van der Waals surface area contributed by atoms with Gasteiger partial charge in [0.15, 0.2) is 4.80 Å². The van der Waals surface area contributed by atoms with Gasteiger partial charge in [-0.2, -0.15) is 9.30 Å². The monoisotopic (exact) mass is 533 g/mol. The van der Waals surface area contributed by atoms with Gasteiger partial charge in [0, 0.05) is 26.2 Å². The second-order valence-electron chi connectivity index (χ2n) is 8.35. The summed E-state index contributed by atoms with van der Waals surface area (Å²) in [5, 5.41) is 0. The molecule has 1 aromatic heterocycles. The van der Waals surface area contributed by atoms with Gasteiger partial charge in [-0.15, -0.1) is 0 Å². The lowest BCUT2D eigenvalue weighted by Gasteiger charge is -2.30. The lowest BCUT2D eigenvalue weighted by molar-refractivity contribution is -0.122. The lowest BCUT2D eigenvalue weighted by atomic mass is 9.99. The molecule has 0 bridgehead atoms. The molecule has 1 fully saturated rings. The van der Waals surface area contributed by atoms with Crippen LogP contribution in [-0.4, -0.2) is 63.7 Å². The van der Waals surface area contributed by atoms with E-state index in [9.17, 15) is 13.2 Å². The zero-order valence-corrected chi connectivity index (χ0v) is 22.3. The van der Waals surface area contributed by atoms with Gasteiger partial charge in [-0.1, -0.05) is 29.5 Å². The molecule has 2 heterocycles. The van der Waals surface area contributed by atoms with Crippen LogP contribution in [0.4, 0.5) is 0 Å². The molecule has 0 N–H and O–H groups in total. The Morgan fingerprint density at radius 3 is 2.53 bits per heavy atom. The molecular formula is C25H31N3O6S2. The molecule has 0 saturated carbocycles. The third kappa shape index (κ3) is 5.34. The van der Waals surface area contributed by atoms with Gasteiger partial charge >= 0.3 is 0 Å². The quantitative estimate of drug-likeness (QED) is 0.392. The molecule has 0 aliphatic carbocycles. The van der Waals surface area contributed by atoms with Crippen molar-refractivity contribution >= 4 is 37.5 Å². The summed E-state index contributed by atoms with van der Waals surface area (Å²) >= 11 is 1.34. The maximum absolute atomic E-state index is 13.4. The summed E-state index contributed by atoms with van der Waals surface area (Å²) in [6, 6.07) is 12.0. The second-order valence-corrected chi connectivity index (χ2v) is 11.3. The molecule has 4 rings (SSSR count). The van der Waals surface area contributed by atoms with E-state index in [1.807, 2.05) is 23.6 Å². The van der Waals surface area contributed by atoms with Crippen molar-refractivity contribution in [2.45, 2.75) is 31.2 Å². The Bertz CT molecular complexity index is 1380. The van der Waals surface area contributed by atoms with Gasteiger partial charge in [-0.05, 0) is 44.0 Å². The Morgan fingerprint density at radius 1 is 1.11 bits per heavy atom. The van der Waals surface area contributed by atoms with Crippen LogP contribution in [0.1, 0.15) is 19.8 Å². The number of thiazole rings is 1. The Kier molecular flexibility index (Phi) is 8.45. The van der Waals surface area contributed by atoms with Crippen molar-refractivity contribution in [2.75, 3.05) is 40.5 Å². The average Bonchev–Trinajstić information content (AvgIpc) is 3.26. The van der Waals surface area contributed by atoms with E-state index in [2.05, 4.69) is 4.99 Å². The number of aromatic nitrogens is 1. The maximum atomic E-state index is 13.4. The topological polar surface area (TPSA) is 99.4 Å². The molecule has 1 amide bonds. The number of carbonyl (C=O) groups is 1. The van der Waals surface area contributed by atoms with E-state index < -0.39 is 15.9 Å². The van der Waals surface area contributed by atoms with E-state index in [0.29, 0.717) is 55.4 Å². The number of methoxy groups -OCH3 is 2. The molecule has 9 nitrogen and oxygen atoms in total. The van der Waals surface area contributed by atoms with Gasteiger partial charge in [-0.3, -0.25) is 4.79 Å². The van der Waals surface area contributed by atoms with E-state index in [4.69, 9.17) is 14.2 Å². The van der Waals surface area contributed by atoms with Crippen LogP contribution in [0.5, 0.6) is 11.5 Å². The molecule has 194 valence electrons. The fourth-order valence-electron chi connectivity index (χ4n) is 4.34. The van der Waals surface area contributed by atoms with Gasteiger partial charge in [-0.25, -0.2) is 8.42 Å². The minimum Gasteiger partial charge on any atom is -0.495 e. The van der Waals surface area contributed by atoms with Crippen molar-refractivity contribution in [3.8, 4) is 11.5 Å². The third-order valence-electron chi connectivity index (χ3n) is 6.18. The first-order chi connectivity index (χ1) is 17.4. The Morgan fingerprint density at radius 2 is 1.83 bits per heavy atom. The van der Waals surface area contributed by atoms with Gasteiger partial charge in [0.25, 0.3) is 5.91 Å². The highest BCUT2D eigenvalue weighted by Crippen LogP contribution is 2.35. The van der Waals surface area contributed by atoms with Crippen LogP contribution in [0.25, 0.3) is 10.2 Å². The van der Waals surface area contributed by atoms with Gasteiger partial charge in [0.1, 0.15) is 21.7 Å². The molecule has 0 spiro atoms. The van der Waals surface area contributed by atoms with Crippen LogP contribution < -0.4 is 14.3 Å². The second kappa shape index (κ2) is 11.5. The molecule has 3 aromatic rings. The van der Waals surface area contributed by atoms with Crippen molar-refractivity contribution in [1.82, 2.24) is 8.87 Å². The van der Waals surface area contributed by atoms with Crippen molar-refractivity contribution in [2.24, 2.45) is 10.9 Å². The first-order valence-corrected chi connectivity index (χ1v) is 14.1. The van der Waals surface area contributed by atoms with Crippen LogP contribution in [0, 0.1) is 5.92 Å². The average molecular weight is 534 g/mol. The van der Waals surface area contributed by atoms with Gasteiger partial charge < -0.3 is 18.8 Å². The first kappa shape index (κ1) is 26.3. The number of nitrogens with zero attached hydrogens (tertiary/aromatic N) is 3. The highest BCUT2D eigenvalue weighted by atomic mass is 32.2. The zero-order chi connectivity index (χ0) is 25.7. The predicted octanol–water partition coefficient (Wildman–Crippen LogP) is 3.28. The highest BCUT2D eigenvalue weighted by molar-refractivity contribution is 7.89. The van der Waals surface area contributed by atoms with Crippen LogP contribution >= 0.6 is 11.3 Å². The van der Waals surface area contributed by atoms with Crippen molar-refractivity contribution in [1.29, 1.82) is 0 Å². The van der Waals surface area contributed by atoms with E-state index >= 15 is 0 Å². The van der Waals surface area contributed by atoms with E-state index in [-0.39, 0.29) is 17.3 Å². The fraction of sp³-hybridized carbons (Fsp3) is 0.440. The molecular weight excluding hydrogens is 502 g/mol. The van der Waals surface area contributed by atoms with E-state index in [1.54, 1.807) is 44.6 Å². The zero-order valence-electron chi connectivity index (χ0n) is 20.7. The summed E-state index contributed by atoms with van der Waals surface area (Å²) in [5.41, 5.74) is 0.782. The summed E-state index contributed by atoms with van der Waals surface area (Å²) < 4.78 is 47.1. The summed E-state index contributed by atoms with van der Waals surface area (Å²) in [6.07, 6.45) is 1.18. The molecule has 0 radical (unpaired) electrons. The van der Waals surface area contributed by atoms with Crippen molar-refractivity contribution in [3.63, 3.8) is 0 Å². The number of ether oxygens (including phenoxy) is 3. The Labute approximate surface area is 215 Å². The van der Waals surface area contributed by atoms with E-state index in [0.717, 1.165) is 10.2 Å². The van der Waals surface area contributed by atoms with Crippen LogP contribution in [0.15, 0.2) is 52.4 Å². The highest BCUT2D eigenvalue weighted by Gasteiger charge is 2.33. The standard InChI is InChI=1S/C25H31N3O6S2/c1-4-34-16-15-28-22-20(32-2)12-13-21(33-3)23(22)35-25(28)26-24(29)18-9-8-14-27(17-18)36(30,31)19-10-6-5-7-11-19/h5-7,10-13,18H,4,8-9,14-17H2,1-3H3. The van der Waals surface area contributed by atoms with Crippen LogP contribution in [0.2, 0.25) is 0 Å². The van der Waals surface area contributed by atoms with Crippen LogP contribution in [-0.2, 0) is 26.1 Å². The fourth-order valence-corrected chi connectivity index (χ4v) is 7.05. The maximum Gasteiger partial charge on any atom is 0.252 e. The predicted molar refractivity (Wildman–Crippen MR) is 138 cm³/mol. The number of rotatable bonds is 9. The van der Waals surface area contributed by atoms with Crippen molar-refractivity contribution in [3.05, 3.63) is 47.3 Å². The summed E-state index contributed by atoms with van der Waals surface area (Å²) in [5.74, 6) is 0.446. The summed E-state index contributed by atoms with van der Waals surface area (Å²) in [6.45, 7) is 3.90. The van der Waals surface area contributed by atoms with Crippen LogP contribution in [0.3, 0.4) is 0 Å². The molecule has 1 saturated heterocycles. The summed E-state index contributed by atoms with van der Waals surface area (Å²) in [7, 11) is -0.486. The van der Waals surface area contributed by atoms with E-state index in [1.165, 1.54) is 15.6 Å². The summed E-state index contributed by atoms with van der Waals surface area (Å²) in [4.78, 5) is 18.6. The Balaban J connectivity index is 1.69. The Hall–Kier alpha value is -2.73. The molecule has 1 aliphatic rings. The number of amides is 1. The minimum absolute atomic E-state index is 0.107. The normalized spacial score (nSPS) is 17.4. The van der Waals surface area contributed by atoms with Gasteiger partial charge in [0.2, 0.25) is 10.0 Å². The number of fused-ring (bicyclic) bond motifs is 1. The van der Waals surface area contributed by atoms with Gasteiger partial charge in [0.05, 0.1) is 31.6 Å². The largest absolute Gasteiger partial charge is 0.495 e. The number of piperidine rings is 1. The molecule has 1 aliphatic heterocycles. The smallest absolute Gasteiger partial charge is 0.252 e. The number of carbonyl (C=O) groups excluding carboxylic acids is 1. The molecule has 2 aromatic carbocycles. The molecule has 1 atom stereocenters. The number of hydrogen-bond donors (Lipinski definition) is 0. The number of benzene rings is 2. The number of hydrogen-bond acceptors (Lipinski definition) is 7. The molecule has 1 unspecified atom stereocenters. The van der Waals surface area contributed by atoms with Crippen molar-refractivity contribution < 1.29 is 27.4 Å². The first-order valence-electron chi connectivity index (χ1n) is 11.9. The molecule has 36 heavy (non-hydrogen) atoms. The third-order valence-corrected chi connectivity index (χ3v) is 9.15. The lowest BCUT2D eigenvalue weighted by Crippen LogP contribution is -2.42.